The van der Waals surface area contributed by atoms with E-state index in [-0.39, 0.29) is 0 Å². The lowest BCUT2D eigenvalue weighted by Crippen LogP contribution is -2.27. The van der Waals surface area contributed by atoms with Crippen molar-refractivity contribution < 1.29 is 0 Å². The first-order chi connectivity index (χ1) is 7.21. The number of rotatable bonds is 6. The van der Waals surface area contributed by atoms with E-state index in [1.54, 1.807) is 0 Å². The molecule has 0 amide bonds. The zero-order valence-corrected chi connectivity index (χ0v) is 10.4. The van der Waals surface area contributed by atoms with Gasteiger partial charge in [-0.1, -0.05) is 20.8 Å². The third kappa shape index (κ3) is 3.34. The molecule has 3 nitrogen and oxygen atoms in total. The molecule has 0 saturated carbocycles. The first-order valence-corrected chi connectivity index (χ1v) is 5.96. The summed E-state index contributed by atoms with van der Waals surface area (Å²) in [5.41, 5.74) is 2.46. The summed E-state index contributed by atoms with van der Waals surface area (Å²) in [7, 11) is 2.02. The first kappa shape index (κ1) is 12.2. The van der Waals surface area contributed by atoms with Crippen LogP contribution in [-0.2, 0) is 20.0 Å². The van der Waals surface area contributed by atoms with Crippen LogP contribution >= 0.6 is 0 Å². The molecule has 3 heteroatoms. The third-order valence-corrected chi connectivity index (χ3v) is 2.95. The van der Waals surface area contributed by atoms with Gasteiger partial charge in [-0.05, 0) is 25.3 Å². The van der Waals surface area contributed by atoms with Crippen molar-refractivity contribution in [1.29, 1.82) is 0 Å². The summed E-state index contributed by atoms with van der Waals surface area (Å²) in [6, 6.07) is 2.82. The molecule has 0 aliphatic carbocycles. The summed E-state index contributed by atoms with van der Waals surface area (Å²) in [5.74, 6) is 0. The summed E-state index contributed by atoms with van der Waals surface area (Å²) >= 11 is 0. The molecule has 0 atom stereocenters. The Morgan fingerprint density at radius 1 is 1.33 bits per heavy atom. The van der Waals surface area contributed by atoms with E-state index in [4.69, 9.17) is 0 Å². The summed E-state index contributed by atoms with van der Waals surface area (Å²) in [5, 5.41) is 7.99. The molecule has 0 saturated heterocycles. The third-order valence-electron chi connectivity index (χ3n) is 2.95. The highest BCUT2D eigenvalue weighted by atomic mass is 15.3. The van der Waals surface area contributed by atoms with Crippen molar-refractivity contribution in [2.45, 2.75) is 52.6 Å². The van der Waals surface area contributed by atoms with Gasteiger partial charge in [0.1, 0.15) is 0 Å². The molecule has 0 aliphatic heterocycles. The van der Waals surface area contributed by atoms with Crippen molar-refractivity contribution in [1.82, 2.24) is 15.1 Å². The van der Waals surface area contributed by atoms with Gasteiger partial charge >= 0.3 is 0 Å². The second kappa shape index (κ2) is 5.91. The van der Waals surface area contributed by atoms with Crippen molar-refractivity contribution in [2.75, 3.05) is 0 Å². The highest BCUT2D eigenvalue weighted by Crippen LogP contribution is 2.05. The van der Waals surface area contributed by atoms with Gasteiger partial charge in [0.05, 0.1) is 11.4 Å². The van der Waals surface area contributed by atoms with Gasteiger partial charge in [-0.2, -0.15) is 5.10 Å². The van der Waals surface area contributed by atoms with Gasteiger partial charge < -0.3 is 5.32 Å². The van der Waals surface area contributed by atoms with Crippen LogP contribution in [0.2, 0.25) is 0 Å². The number of hydrogen-bond donors (Lipinski definition) is 1. The highest BCUT2D eigenvalue weighted by Gasteiger charge is 2.06. The first-order valence-electron chi connectivity index (χ1n) is 5.96. The number of aromatic nitrogens is 2. The normalized spacial score (nSPS) is 11.3. The Labute approximate surface area is 92.9 Å². The molecule has 0 aliphatic rings. The molecule has 0 radical (unpaired) electrons. The van der Waals surface area contributed by atoms with E-state index in [0.29, 0.717) is 6.04 Å². The molecule has 0 unspecified atom stereocenters. The van der Waals surface area contributed by atoms with E-state index in [0.717, 1.165) is 13.0 Å². The van der Waals surface area contributed by atoms with Crippen molar-refractivity contribution in [3.63, 3.8) is 0 Å². The maximum absolute atomic E-state index is 4.44. The minimum atomic E-state index is 0.630. The standard InChI is InChI=1S/C12H23N3/c1-5-10(6-2)13-9-12-8-11(7-3)14-15(12)4/h8,10,13H,5-7,9H2,1-4H3. The molecule has 0 bridgehead atoms. The molecule has 0 aromatic carbocycles. The number of nitrogens with one attached hydrogen (secondary N) is 1. The van der Waals surface area contributed by atoms with Gasteiger partial charge in [-0.3, -0.25) is 4.68 Å². The average Bonchev–Trinajstić information content (AvgIpc) is 2.61. The Morgan fingerprint density at radius 2 is 2.00 bits per heavy atom. The van der Waals surface area contributed by atoms with Gasteiger partial charge in [0, 0.05) is 19.6 Å². The lowest BCUT2D eigenvalue weighted by Gasteiger charge is -2.14. The second-order valence-electron chi connectivity index (χ2n) is 4.00. The van der Waals surface area contributed by atoms with Crippen LogP contribution in [0.25, 0.3) is 0 Å². The highest BCUT2D eigenvalue weighted by molar-refractivity contribution is 5.09. The Balaban J connectivity index is 2.52. The molecular weight excluding hydrogens is 186 g/mol. The molecule has 1 aromatic heterocycles. The van der Waals surface area contributed by atoms with Gasteiger partial charge in [0.25, 0.3) is 0 Å². The van der Waals surface area contributed by atoms with Gasteiger partial charge in [0.15, 0.2) is 0 Å². The monoisotopic (exact) mass is 209 g/mol. The SMILES string of the molecule is CCc1cc(CNC(CC)CC)n(C)n1. The summed E-state index contributed by atoms with van der Waals surface area (Å²) in [6.45, 7) is 7.51. The van der Waals surface area contributed by atoms with Crippen LogP contribution in [0.15, 0.2) is 6.07 Å². The minimum absolute atomic E-state index is 0.630. The van der Waals surface area contributed by atoms with Crippen LogP contribution in [0, 0.1) is 0 Å². The van der Waals surface area contributed by atoms with Gasteiger partial charge in [-0.25, -0.2) is 0 Å². The number of nitrogens with zero attached hydrogens (tertiary/aromatic N) is 2. The zero-order valence-electron chi connectivity index (χ0n) is 10.4. The Morgan fingerprint density at radius 3 is 2.47 bits per heavy atom. The summed E-state index contributed by atoms with van der Waals surface area (Å²) < 4.78 is 1.98. The predicted octanol–water partition coefficient (Wildman–Crippen LogP) is 2.26. The molecule has 0 spiro atoms. The maximum Gasteiger partial charge on any atom is 0.0625 e. The second-order valence-corrected chi connectivity index (χ2v) is 4.00. The van der Waals surface area contributed by atoms with Crippen LogP contribution in [0.5, 0.6) is 0 Å². The fourth-order valence-corrected chi connectivity index (χ4v) is 1.74. The van der Waals surface area contributed by atoms with E-state index in [1.165, 1.54) is 24.2 Å². The largest absolute Gasteiger partial charge is 0.308 e. The van der Waals surface area contributed by atoms with Crippen molar-refractivity contribution >= 4 is 0 Å². The van der Waals surface area contributed by atoms with Crippen molar-refractivity contribution in [3.05, 3.63) is 17.5 Å². The van der Waals surface area contributed by atoms with Crippen molar-refractivity contribution in [2.24, 2.45) is 7.05 Å². The smallest absolute Gasteiger partial charge is 0.0625 e. The van der Waals surface area contributed by atoms with Crippen LogP contribution in [-0.4, -0.2) is 15.8 Å². The summed E-state index contributed by atoms with van der Waals surface area (Å²) in [4.78, 5) is 0. The average molecular weight is 209 g/mol. The van der Waals surface area contributed by atoms with E-state index in [1.807, 2.05) is 11.7 Å². The van der Waals surface area contributed by atoms with E-state index in [9.17, 15) is 0 Å². The van der Waals surface area contributed by atoms with Crippen LogP contribution in [0.1, 0.15) is 45.0 Å². The summed E-state index contributed by atoms with van der Waals surface area (Å²) in [6.07, 6.45) is 3.39. The minimum Gasteiger partial charge on any atom is -0.308 e. The van der Waals surface area contributed by atoms with E-state index >= 15 is 0 Å². The number of aryl methyl sites for hydroxylation is 2. The molecule has 1 heterocycles. The molecule has 1 aromatic rings. The molecule has 0 fully saturated rings. The van der Waals surface area contributed by atoms with Crippen LogP contribution < -0.4 is 5.32 Å². The van der Waals surface area contributed by atoms with Crippen LogP contribution in [0.3, 0.4) is 0 Å². The Bertz CT molecular complexity index is 287. The lowest BCUT2D eigenvalue weighted by atomic mass is 10.1. The molecule has 15 heavy (non-hydrogen) atoms. The van der Waals surface area contributed by atoms with E-state index in [2.05, 4.69) is 37.3 Å². The lowest BCUT2D eigenvalue weighted by molar-refractivity contribution is 0.472. The quantitative estimate of drug-likeness (QED) is 0.779. The Kier molecular flexibility index (Phi) is 4.82. The molecule has 1 N–H and O–H groups in total. The number of hydrogen-bond acceptors (Lipinski definition) is 2. The molecule has 1 rings (SSSR count). The van der Waals surface area contributed by atoms with E-state index < -0.39 is 0 Å². The fraction of sp³-hybridized carbons (Fsp3) is 0.750. The van der Waals surface area contributed by atoms with Crippen molar-refractivity contribution in [3.8, 4) is 0 Å². The molecule has 86 valence electrons. The predicted molar refractivity (Wildman–Crippen MR) is 63.8 cm³/mol. The van der Waals surface area contributed by atoms with Gasteiger partial charge in [-0.15, -0.1) is 0 Å². The zero-order chi connectivity index (χ0) is 11.3. The maximum atomic E-state index is 4.44. The van der Waals surface area contributed by atoms with Gasteiger partial charge in [0.2, 0.25) is 0 Å². The fourth-order valence-electron chi connectivity index (χ4n) is 1.74. The van der Waals surface area contributed by atoms with Crippen LogP contribution in [0.4, 0.5) is 0 Å². The molecular formula is C12H23N3. The topological polar surface area (TPSA) is 29.9 Å². The Hall–Kier alpha value is -0.830.